The number of anilines is 1. The molecule has 0 bridgehead atoms. The molecule has 110 valence electrons. The molecule has 0 aromatic heterocycles. The van der Waals surface area contributed by atoms with Crippen LogP contribution in [0.25, 0.3) is 0 Å². The van der Waals surface area contributed by atoms with Crippen LogP contribution < -0.4 is 5.32 Å². The van der Waals surface area contributed by atoms with Crippen molar-refractivity contribution in [3.8, 4) is 0 Å². The summed E-state index contributed by atoms with van der Waals surface area (Å²) >= 11 is 0. The highest BCUT2D eigenvalue weighted by Crippen LogP contribution is 2.27. The first-order chi connectivity index (χ1) is 9.88. The second kappa shape index (κ2) is 5.82. The molecule has 2 aromatic carbocycles. The van der Waals surface area contributed by atoms with Crippen LogP contribution in [0.5, 0.6) is 0 Å². The maximum Gasteiger partial charge on any atom is 0.274 e. The molecule has 0 aliphatic rings. The number of halogens is 3. The van der Waals surface area contributed by atoms with Gasteiger partial charge in [0.1, 0.15) is 17.5 Å². The second-order valence-electron chi connectivity index (χ2n) is 4.46. The monoisotopic (exact) mass is 296 g/mol. The minimum Gasteiger partial charge on any atom is -0.378 e. The minimum atomic E-state index is -0.826. The first kappa shape index (κ1) is 14.8. The van der Waals surface area contributed by atoms with Crippen LogP contribution in [0.1, 0.15) is 18.5 Å². The van der Waals surface area contributed by atoms with Gasteiger partial charge in [-0.05, 0) is 25.1 Å². The van der Waals surface area contributed by atoms with Crippen molar-refractivity contribution in [3.05, 3.63) is 69.5 Å². The Morgan fingerprint density at radius 2 is 1.76 bits per heavy atom. The quantitative estimate of drug-likeness (QED) is 0.680. The van der Waals surface area contributed by atoms with E-state index in [1.165, 1.54) is 13.0 Å². The summed E-state index contributed by atoms with van der Waals surface area (Å²) in [4.78, 5) is 9.91. The fourth-order valence-electron chi connectivity index (χ4n) is 2.01. The van der Waals surface area contributed by atoms with Gasteiger partial charge in [0.15, 0.2) is 0 Å². The molecule has 4 nitrogen and oxygen atoms in total. The van der Waals surface area contributed by atoms with Crippen LogP contribution in [-0.4, -0.2) is 4.92 Å². The van der Waals surface area contributed by atoms with Crippen molar-refractivity contribution >= 4 is 11.4 Å². The van der Waals surface area contributed by atoms with Crippen molar-refractivity contribution in [1.82, 2.24) is 0 Å². The van der Waals surface area contributed by atoms with Gasteiger partial charge in [0, 0.05) is 17.3 Å². The van der Waals surface area contributed by atoms with Crippen molar-refractivity contribution in [2.45, 2.75) is 13.0 Å². The maximum atomic E-state index is 13.6. The summed E-state index contributed by atoms with van der Waals surface area (Å²) in [5.41, 5.74) is -0.597. The number of nitrogens with zero attached hydrogens (tertiary/aromatic N) is 1. The number of nitro groups is 1. The first-order valence-corrected chi connectivity index (χ1v) is 6.04. The van der Waals surface area contributed by atoms with Crippen LogP contribution in [0.15, 0.2) is 36.4 Å². The van der Waals surface area contributed by atoms with Crippen LogP contribution in [0.3, 0.4) is 0 Å². The lowest BCUT2D eigenvalue weighted by Gasteiger charge is -2.17. The molecule has 21 heavy (non-hydrogen) atoms. The Hall–Kier alpha value is -2.57. The van der Waals surface area contributed by atoms with E-state index in [9.17, 15) is 23.3 Å². The molecule has 0 saturated heterocycles. The molecule has 1 atom stereocenters. The molecule has 0 heterocycles. The number of hydrogen-bond donors (Lipinski definition) is 1. The molecule has 0 spiro atoms. The normalized spacial score (nSPS) is 12.0. The zero-order chi connectivity index (χ0) is 15.6. The summed E-state index contributed by atoms with van der Waals surface area (Å²) in [7, 11) is 0. The number of hydrogen-bond acceptors (Lipinski definition) is 3. The van der Waals surface area contributed by atoms with Gasteiger partial charge in [-0.3, -0.25) is 10.1 Å². The largest absolute Gasteiger partial charge is 0.378 e. The molecule has 0 radical (unpaired) electrons. The van der Waals surface area contributed by atoms with E-state index < -0.39 is 34.1 Å². The Morgan fingerprint density at radius 1 is 1.14 bits per heavy atom. The summed E-state index contributed by atoms with van der Waals surface area (Å²) in [5, 5.41) is 13.3. The Kier molecular flexibility index (Phi) is 4.11. The summed E-state index contributed by atoms with van der Waals surface area (Å²) < 4.78 is 40.6. The zero-order valence-electron chi connectivity index (χ0n) is 10.9. The third-order valence-electron chi connectivity index (χ3n) is 2.91. The zero-order valence-corrected chi connectivity index (χ0v) is 10.9. The lowest BCUT2D eigenvalue weighted by molar-refractivity contribution is -0.385. The topological polar surface area (TPSA) is 55.2 Å². The van der Waals surface area contributed by atoms with E-state index in [-0.39, 0.29) is 11.3 Å². The van der Waals surface area contributed by atoms with E-state index in [4.69, 9.17) is 0 Å². The van der Waals surface area contributed by atoms with Gasteiger partial charge in [-0.1, -0.05) is 6.07 Å². The molecule has 0 aliphatic carbocycles. The number of rotatable bonds is 4. The Bertz CT molecular complexity index is 672. The van der Waals surface area contributed by atoms with Crippen LogP contribution in [-0.2, 0) is 0 Å². The molecule has 2 rings (SSSR count). The summed E-state index contributed by atoms with van der Waals surface area (Å²) in [6.07, 6.45) is 0. The van der Waals surface area contributed by atoms with Gasteiger partial charge >= 0.3 is 0 Å². The Labute approximate surface area is 118 Å². The van der Waals surface area contributed by atoms with Crippen molar-refractivity contribution in [3.63, 3.8) is 0 Å². The summed E-state index contributed by atoms with van der Waals surface area (Å²) in [6, 6.07) is 5.48. The van der Waals surface area contributed by atoms with Crippen LogP contribution in [0.4, 0.5) is 24.5 Å². The van der Waals surface area contributed by atoms with Gasteiger partial charge in [-0.2, -0.15) is 0 Å². The van der Waals surface area contributed by atoms with Crippen LogP contribution >= 0.6 is 0 Å². The van der Waals surface area contributed by atoms with E-state index in [1.807, 2.05) is 0 Å². The predicted octanol–water partition coefficient (Wildman–Crippen LogP) is 4.19. The lowest BCUT2D eigenvalue weighted by Crippen LogP contribution is -2.11. The standard InChI is InChI=1S/C14H11F3N2O2/c1-8(14-12(16)3-2-4-13(14)17)18-10-5-9(15)6-11(7-10)19(20)21/h2-8,18H,1H3. The Morgan fingerprint density at radius 3 is 2.33 bits per heavy atom. The third kappa shape index (κ3) is 3.31. The molecular weight excluding hydrogens is 285 g/mol. The maximum absolute atomic E-state index is 13.6. The molecule has 7 heteroatoms. The fraction of sp³-hybridized carbons (Fsp3) is 0.143. The lowest BCUT2D eigenvalue weighted by atomic mass is 10.1. The van der Waals surface area contributed by atoms with Gasteiger partial charge in [0.2, 0.25) is 0 Å². The van der Waals surface area contributed by atoms with E-state index >= 15 is 0 Å². The average molecular weight is 296 g/mol. The van der Waals surface area contributed by atoms with Crippen LogP contribution in [0, 0.1) is 27.6 Å². The molecule has 2 aromatic rings. The third-order valence-corrected chi connectivity index (χ3v) is 2.91. The van der Waals surface area contributed by atoms with E-state index in [2.05, 4.69) is 5.32 Å². The molecule has 0 fully saturated rings. The van der Waals surface area contributed by atoms with E-state index in [1.54, 1.807) is 0 Å². The van der Waals surface area contributed by atoms with Gasteiger partial charge in [0.25, 0.3) is 5.69 Å². The van der Waals surface area contributed by atoms with Crippen molar-refractivity contribution in [2.75, 3.05) is 5.32 Å². The number of nitro benzene ring substituents is 1. The highest BCUT2D eigenvalue weighted by molar-refractivity contribution is 5.53. The Balaban J connectivity index is 2.31. The van der Waals surface area contributed by atoms with Crippen molar-refractivity contribution in [2.24, 2.45) is 0 Å². The van der Waals surface area contributed by atoms with Gasteiger partial charge in [-0.15, -0.1) is 0 Å². The van der Waals surface area contributed by atoms with Crippen molar-refractivity contribution in [1.29, 1.82) is 0 Å². The van der Waals surface area contributed by atoms with Gasteiger partial charge in [-0.25, -0.2) is 13.2 Å². The van der Waals surface area contributed by atoms with Gasteiger partial charge < -0.3 is 5.32 Å². The highest BCUT2D eigenvalue weighted by Gasteiger charge is 2.17. The molecule has 1 N–H and O–H groups in total. The minimum absolute atomic E-state index is 0.0665. The highest BCUT2D eigenvalue weighted by atomic mass is 19.1. The predicted molar refractivity (Wildman–Crippen MR) is 71.5 cm³/mol. The summed E-state index contributed by atoms with van der Waals surface area (Å²) in [6.45, 7) is 1.47. The number of nitrogens with one attached hydrogen (secondary N) is 1. The van der Waals surface area contributed by atoms with E-state index in [0.29, 0.717) is 0 Å². The number of non-ortho nitro benzene ring substituents is 1. The molecule has 0 saturated carbocycles. The van der Waals surface area contributed by atoms with E-state index in [0.717, 1.165) is 30.3 Å². The van der Waals surface area contributed by atoms with Crippen molar-refractivity contribution < 1.29 is 18.1 Å². The molecular formula is C14H11F3N2O2. The average Bonchev–Trinajstić information content (AvgIpc) is 2.37. The summed E-state index contributed by atoms with van der Waals surface area (Å²) in [5.74, 6) is -2.31. The SMILES string of the molecule is CC(Nc1cc(F)cc([N+](=O)[O-])c1)c1c(F)cccc1F. The van der Waals surface area contributed by atoms with Gasteiger partial charge in [0.05, 0.1) is 17.0 Å². The fourth-order valence-corrected chi connectivity index (χ4v) is 2.01. The molecule has 0 amide bonds. The van der Waals surface area contributed by atoms with Crippen LogP contribution in [0.2, 0.25) is 0 Å². The molecule has 1 unspecified atom stereocenters. The molecule has 0 aliphatic heterocycles. The first-order valence-electron chi connectivity index (χ1n) is 6.04. The smallest absolute Gasteiger partial charge is 0.274 e. The number of benzene rings is 2. The second-order valence-corrected chi connectivity index (χ2v) is 4.46.